The van der Waals surface area contributed by atoms with E-state index in [9.17, 15) is 4.79 Å². The van der Waals surface area contributed by atoms with Crippen LogP contribution in [0, 0.1) is 0 Å². The molecule has 1 aliphatic rings. The molecule has 108 valence electrons. The summed E-state index contributed by atoms with van der Waals surface area (Å²) >= 11 is 4.82. The van der Waals surface area contributed by atoms with Gasteiger partial charge in [-0.05, 0) is 46.8 Å². The van der Waals surface area contributed by atoms with Crippen molar-refractivity contribution >= 4 is 45.6 Å². The predicted octanol–water partition coefficient (Wildman–Crippen LogP) is 2.43. The molecule has 0 aliphatic carbocycles. The van der Waals surface area contributed by atoms with Gasteiger partial charge in [0.2, 0.25) is 0 Å². The van der Waals surface area contributed by atoms with Gasteiger partial charge in [-0.3, -0.25) is 4.79 Å². The highest BCUT2D eigenvalue weighted by Gasteiger charge is 2.34. The molecule has 1 atom stereocenters. The summed E-state index contributed by atoms with van der Waals surface area (Å²) in [5.41, 5.74) is -0.103. The summed E-state index contributed by atoms with van der Waals surface area (Å²) in [6.07, 6.45) is 2.16. The van der Waals surface area contributed by atoms with E-state index >= 15 is 0 Å². The molecule has 1 fully saturated rings. The Hall–Kier alpha value is -0.140. The van der Waals surface area contributed by atoms with Gasteiger partial charge in [0.15, 0.2) is 0 Å². The maximum Gasteiger partial charge on any atom is 0.262 e. The van der Waals surface area contributed by atoms with E-state index < -0.39 is 0 Å². The lowest BCUT2D eigenvalue weighted by molar-refractivity contribution is 0.0895. The molecule has 0 bridgehead atoms. The van der Waals surface area contributed by atoms with E-state index in [2.05, 4.69) is 26.6 Å². The van der Waals surface area contributed by atoms with Gasteiger partial charge in [-0.25, -0.2) is 0 Å². The molecule has 0 radical (unpaired) electrons. The second-order valence-electron chi connectivity index (χ2n) is 4.52. The lowest BCUT2D eigenvalue weighted by Crippen LogP contribution is -2.52. The maximum atomic E-state index is 12.0. The van der Waals surface area contributed by atoms with Gasteiger partial charge in [0.25, 0.3) is 5.91 Å². The fraction of sp³-hybridized carbons (Fsp3) is 0.583. The van der Waals surface area contributed by atoms with E-state index in [0.717, 1.165) is 28.7 Å². The quantitative estimate of drug-likeness (QED) is 0.838. The van der Waals surface area contributed by atoms with Crippen molar-refractivity contribution in [3.63, 3.8) is 0 Å². The Morgan fingerprint density at radius 1 is 1.68 bits per heavy atom. The molecule has 7 heteroatoms. The minimum atomic E-state index is -0.103. The second kappa shape index (κ2) is 7.59. The molecule has 2 N–H and O–H groups in total. The standard InChI is InChI=1S/C12H17BrN2O2S.ClH/c1-17-8-12(4-2-5-15-12)7-14-11(16)10-9(13)3-6-18-10;/h3,6,15H,2,4-5,7-8H2,1H3,(H,14,16);1H. The van der Waals surface area contributed by atoms with Crippen molar-refractivity contribution in [2.45, 2.75) is 18.4 Å². The van der Waals surface area contributed by atoms with E-state index in [0.29, 0.717) is 13.2 Å². The van der Waals surface area contributed by atoms with E-state index in [1.807, 2.05) is 11.4 Å². The zero-order chi connectivity index (χ0) is 13.0. The van der Waals surface area contributed by atoms with Crippen molar-refractivity contribution in [3.05, 3.63) is 20.8 Å². The zero-order valence-electron chi connectivity index (χ0n) is 10.7. The number of methoxy groups -OCH3 is 1. The molecule has 2 rings (SSSR count). The normalized spacial score (nSPS) is 22.0. The molecule has 19 heavy (non-hydrogen) atoms. The Morgan fingerprint density at radius 3 is 3.00 bits per heavy atom. The molecule has 1 amide bonds. The molecule has 0 saturated carbocycles. The van der Waals surface area contributed by atoms with Crippen LogP contribution in [0.3, 0.4) is 0 Å². The number of carbonyl (C=O) groups excluding carboxylic acids is 1. The number of ether oxygens (including phenoxy) is 1. The number of rotatable bonds is 5. The number of halogens is 2. The van der Waals surface area contributed by atoms with Crippen LogP contribution in [0.25, 0.3) is 0 Å². The van der Waals surface area contributed by atoms with Gasteiger partial charge >= 0.3 is 0 Å². The Bertz CT molecular complexity index is 422. The smallest absolute Gasteiger partial charge is 0.262 e. The Balaban J connectivity index is 0.00000180. The third-order valence-electron chi connectivity index (χ3n) is 3.16. The van der Waals surface area contributed by atoms with E-state index in [-0.39, 0.29) is 23.9 Å². The summed E-state index contributed by atoms with van der Waals surface area (Å²) in [7, 11) is 1.69. The number of hydrogen-bond acceptors (Lipinski definition) is 4. The van der Waals surface area contributed by atoms with Crippen LogP contribution < -0.4 is 10.6 Å². The van der Waals surface area contributed by atoms with Crippen LogP contribution in [-0.4, -0.2) is 38.3 Å². The molecule has 1 aliphatic heterocycles. The lowest BCUT2D eigenvalue weighted by Gasteiger charge is -2.28. The first-order valence-electron chi connectivity index (χ1n) is 5.92. The molecular weight excluding hydrogens is 352 g/mol. The fourth-order valence-corrected chi connectivity index (χ4v) is 3.72. The summed E-state index contributed by atoms with van der Waals surface area (Å²) in [6, 6.07) is 1.89. The number of nitrogens with one attached hydrogen (secondary N) is 2. The van der Waals surface area contributed by atoms with Crippen LogP contribution in [0.5, 0.6) is 0 Å². The van der Waals surface area contributed by atoms with E-state index in [1.165, 1.54) is 11.3 Å². The van der Waals surface area contributed by atoms with Crippen molar-refractivity contribution in [3.8, 4) is 0 Å². The van der Waals surface area contributed by atoms with Crippen LogP contribution in [0.15, 0.2) is 15.9 Å². The summed E-state index contributed by atoms with van der Waals surface area (Å²) in [4.78, 5) is 12.8. The van der Waals surface area contributed by atoms with Crippen LogP contribution in [0.1, 0.15) is 22.5 Å². The van der Waals surface area contributed by atoms with Gasteiger partial charge in [-0.1, -0.05) is 0 Å². The molecule has 1 unspecified atom stereocenters. The fourth-order valence-electron chi connectivity index (χ4n) is 2.26. The van der Waals surface area contributed by atoms with Crippen LogP contribution in [0.2, 0.25) is 0 Å². The van der Waals surface area contributed by atoms with Gasteiger partial charge in [-0.15, -0.1) is 23.7 Å². The number of hydrogen-bond donors (Lipinski definition) is 2. The van der Waals surface area contributed by atoms with E-state index in [1.54, 1.807) is 7.11 Å². The molecular formula is C12H18BrClN2O2S. The van der Waals surface area contributed by atoms with Crippen LogP contribution >= 0.6 is 39.7 Å². The van der Waals surface area contributed by atoms with Gasteiger partial charge in [-0.2, -0.15) is 0 Å². The van der Waals surface area contributed by atoms with Crippen molar-refractivity contribution in [2.24, 2.45) is 0 Å². The largest absolute Gasteiger partial charge is 0.383 e. The SMILES string of the molecule is COCC1(CNC(=O)c2sccc2Br)CCCN1.Cl. The highest BCUT2D eigenvalue weighted by molar-refractivity contribution is 9.10. The maximum absolute atomic E-state index is 12.0. The average Bonchev–Trinajstić information content (AvgIpc) is 2.97. The topological polar surface area (TPSA) is 50.4 Å². The lowest BCUT2D eigenvalue weighted by atomic mass is 9.98. The Morgan fingerprint density at radius 2 is 2.47 bits per heavy atom. The predicted molar refractivity (Wildman–Crippen MR) is 83.4 cm³/mol. The summed E-state index contributed by atoms with van der Waals surface area (Å²) < 4.78 is 6.11. The summed E-state index contributed by atoms with van der Waals surface area (Å²) in [6.45, 7) is 2.21. The average molecular weight is 370 g/mol. The second-order valence-corrected chi connectivity index (χ2v) is 6.29. The highest BCUT2D eigenvalue weighted by atomic mass is 79.9. The zero-order valence-corrected chi connectivity index (χ0v) is 13.9. The van der Waals surface area contributed by atoms with Gasteiger partial charge in [0.05, 0.1) is 12.1 Å². The summed E-state index contributed by atoms with van der Waals surface area (Å²) in [5, 5.41) is 8.33. The molecule has 2 heterocycles. The van der Waals surface area contributed by atoms with Gasteiger partial charge in [0.1, 0.15) is 4.88 Å². The third-order valence-corrected chi connectivity index (χ3v) is 5.00. The Kier molecular flexibility index (Phi) is 6.76. The first-order chi connectivity index (χ1) is 8.67. The number of amides is 1. The summed E-state index contributed by atoms with van der Waals surface area (Å²) in [5.74, 6) is -0.0268. The van der Waals surface area contributed by atoms with Crippen molar-refractivity contribution in [2.75, 3.05) is 26.8 Å². The molecule has 1 aromatic heterocycles. The van der Waals surface area contributed by atoms with Crippen molar-refractivity contribution < 1.29 is 9.53 Å². The molecule has 1 saturated heterocycles. The molecule has 4 nitrogen and oxygen atoms in total. The first-order valence-corrected chi connectivity index (χ1v) is 7.59. The van der Waals surface area contributed by atoms with Crippen molar-refractivity contribution in [1.82, 2.24) is 10.6 Å². The molecule has 1 aromatic rings. The van der Waals surface area contributed by atoms with Crippen LogP contribution in [0.4, 0.5) is 0 Å². The number of thiophene rings is 1. The number of carbonyl (C=O) groups is 1. The van der Waals surface area contributed by atoms with E-state index in [4.69, 9.17) is 4.74 Å². The van der Waals surface area contributed by atoms with Crippen LogP contribution in [-0.2, 0) is 4.74 Å². The van der Waals surface area contributed by atoms with Gasteiger partial charge in [0, 0.05) is 18.1 Å². The van der Waals surface area contributed by atoms with Crippen molar-refractivity contribution in [1.29, 1.82) is 0 Å². The molecule has 0 spiro atoms. The minimum Gasteiger partial charge on any atom is -0.383 e. The minimum absolute atomic E-state index is 0. The highest BCUT2D eigenvalue weighted by Crippen LogP contribution is 2.23. The first kappa shape index (κ1) is 16.9. The Labute approximate surface area is 131 Å². The van der Waals surface area contributed by atoms with Gasteiger partial charge < -0.3 is 15.4 Å². The molecule has 0 aromatic carbocycles. The monoisotopic (exact) mass is 368 g/mol. The third kappa shape index (κ3) is 4.16.